The predicted octanol–water partition coefficient (Wildman–Crippen LogP) is -1.69. The van der Waals surface area contributed by atoms with Gasteiger partial charge in [-0.25, -0.2) is 19.6 Å². The summed E-state index contributed by atoms with van der Waals surface area (Å²) >= 11 is 0. The molecule has 0 saturated carbocycles. The number of nitrogens with zero attached hydrogens (tertiary/aromatic N) is 5. The molecule has 14 bridgehead atoms. The summed E-state index contributed by atoms with van der Waals surface area (Å²) in [6.07, 6.45) is -8.94. The third kappa shape index (κ3) is 15.0. The van der Waals surface area contributed by atoms with Crippen molar-refractivity contribution < 1.29 is 85.8 Å². The second kappa shape index (κ2) is 30.6. The Balaban J connectivity index is 1.17. The molecule has 0 spiro atoms. The van der Waals surface area contributed by atoms with Crippen molar-refractivity contribution in [1.29, 1.82) is 0 Å². The van der Waals surface area contributed by atoms with Crippen LogP contribution in [0.3, 0.4) is 0 Å². The number of carbonyl (C=O) groups excluding carboxylic acids is 3. The Hall–Kier alpha value is -7.47. The molecule has 31 nitrogen and oxygen atoms in total. The van der Waals surface area contributed by atoms with Gasteiger partial charge in [0.15, 0.2) is 31.1 Å². The number of aromatic amines is 2. The van der Waals surface area contributed by atoms with Crippen LogP contribution in [-0.2, 0) is 100 Å². The summed E-state index contributed by atoms with van der Waals surface area (Å²) in [6, 6.07) is -1.05. The van der Waals surface area contributed by atoms with Gasteiger partial charge in [0.25, 0.3) is 11.1 Å². The summed E-state index contributed by atoms with van der Waals surface area (Å²) in [5.74, 6) is 8.70. The highest BCUT2D eigenvalue weighted by molar-refractivity contribution is 5.92. The summed E-state index contributed by atoms with van der Waals surface area (Å²) in [5, 5.41) is 13.9. The van der Waals surface area contributed by atoms with Gasteiger partial charge in [-0.1, -0.05) is 30.6 Å². The van der Waals surface area contributed by atoms with Crippen molar-refractivity contribution in [3.8, 4) is 23.7 Å². The number of esters is 2. The Kier molecular flexibility index (Phi) is 22.7. The second-order valence-corrected chi connectivity index (χ2v) is 22.0. The van der Waals surface area contributed by atoms with E-state index in [1.165, 1.54) is 83.7 Å². The van der Waals surface area contributed by atoms with Crippen LogP contribution in [0, 0.1) is 35.5 Å². The van der Waals surface area contributed by atoms with Crippen LogP contribution in [0.2, 0.25) is 0 Å². The van der Waals surface area contributed by atoms with Crippen LogP contribution in [0.1, 0.15) is 55.7 Å². The maximum Gasteiger partial charge on any atom is 0.328 e. The van der Waals surface area contributed by atoms with Crippen LogP contribution < -0.4 is 33.5 Å². The van der Waals surface area contributed by atoms with Crippen LogP contribution in [-0.4, -0.2) is 218 Å². The lowest BCUT2D eigenvalue weighted by atomic mass is 9.90. The van der Waals surface area contributed by atoms with Crippen LogP contribution in [0.4, 0.5) is 5.82 Å². The second-order valence-electron chi connectivity index (χ2n) is 22.0. The minimum absolute atomic E-state index is 0.00993. The summed E-state index contributed by atoms with van der Waals surface area (Å²) in [7, 11) is 9.53. The first-order valence-corrected chi connectivity index (χ1v) is 29.1. The molecule has 31 heteroatoms. The van der Waals surface area contributed by atoms with Gasteiger partial charge in [0.2, 0.25) is 5.91 Å². The lowest BCUT2D eigenvalue weighted by molar-refractivity contribution is -0.345. The van der Waals surface area contributed by atoms with Crippen molar-refractivity contribution >= 4 is 40.8 Å². The van der Waals surface area contributed by atoms with Gasteiger partial charge in [-0.05, 0) is 24.3 Å². The fourth-order valence-electron chi connectivity index (χ4n) is 11.9. The minimum atomic E-state index is -1.42. The quantitative estimate of drug-likeness (QED) is 0.0970. The van der Waals surface area contributed by atoms with E-state index in [2.05, 4.69) is 48.9 Å². The number of methoxy groups -OCH3 is 7. The number of aliphatic hydroxyl groups is 1. The molecule has 4 aromatic rings. The number of hydrogen-bond donors (Lipinski definition) is 5. The first-order chi connectivity index (χ1) is 43.4. The maximum atomic E-state index is 14.1. The molecular weight excluding hydrogens is 1190 g/mol. The monoisotopic (exact) mass is 1260 g/mol. The van der Waals surface area contributed by atoms with E-state index in [0.29, 0.717) is 16.6 Å². The van der Waals surface area contributed by atoms with E-state index < -0.39 is 157 Å². The third-order valence-electron chi connectivity index (χ3n) is 16.5. The molecule has 3 saturated heterocycles. The largest absolute Gasteiger partial charge is 0.456 e. The number of nitrogens with two attached hydrogens (primary N) is 1. The number of nitrogens with one attached hydrogen (secondary N) is 3. The van der Waals surface area contributed by atoms with E-state index in [1.54, 1.807) is 10.8 Å². The number of fused-ring (bicyclic) bond motifs is 14. The Morgan fingerprint density at radius 2 is 1.22 bits per heavy atom. The fourth-order valence-corrected chi connectivity index (χ4v) is 11.9. The minimum Gasteiger partial charge on any atom is -0.456 e. The van der Waals surface area contributed by atoms with Crippen molar-refractivity contribution in [2.75, 3.05) is 75.3 Å². The van der Waals surface area contributed by atoms with E-state index in [-0.39, 0.29) is 75.3 Å². The Bertz CT molecular complexity index is 3600. The normalized spacial score (nSPS) is 32.1. The molecule has 488 valence electrons. The van der Waals surface area contributed by atoms with Crippen molar-refractivity contribution in [3.63, 3.8) is 0 Å². The lowest BCUT2D eigenvalue weighted by Gasteiger charge is -2.47. The van der Waals surface area contributed by atoms with Gasteiger partial charge in [0.1, 0.15) is 84.3 Å². The average molecular weight is 1260 g/mol. The number of anilines is 1. The number of ether oxygens (including phenoxy) is 14. The van der Waals surface area contributed by atoms with E-state index in [1.807, 2.05) is 6.92 Å². The SMILES string of the molecule is COC1C2OCC3OC4OCC5O[C@H](OC)C(NC(=O)/C=C/c6cn(c(=O)[nH]c6=O)CC(C)C(CCn6cc(c7c(N)ncnc76)C#CCCC(=O)O[C@H]1[C@H](OC)C(CO)O2)Cn1cc(c(=O)[nH]c1=O)C#CCCC(=O)O[C@H](C4OC)[C@@H]3OC)[C@@H](OC)[C@H]5OC. The fraction of sp³-hybridized carbons (Fsp3) is 0.610. The zero-order chi connectivity index (χ0) is 64.3. The molecular formula is C59H75N9O22. The molecule has 10 rings (SSSR count). The van der Waals surface area contributed by atoms with Gasteiger partial charge in [-0.2, -0.15) is 0 Å². The van der Waals surface area contributed by atoms with E-state index in [0.717, 1.165) is 6.08 Å². The van der Waals surface area contributed by atoms with E-state index in [9.17, 15) is 38.7 Å². The molecule has 17 atom stereocenters. The van der Waals surface area contributed by atoms with E-state index >= 15 is 0 Å². The highest BCUT2D eigenvalue weighted by Gasteiger charge is 2.54. The zero-order valence-corrected chi connectivity index (χ0v) is 50.9. The van der Waals surface area contributed by atoms with Crippen LogP contribution >= 0.6 is 0 Å². The van der Waals surface area contributed by atoms with Crippen LogP contribution in [0.15, 0.2) is 50.2 Å². The first-order valence-electron chi connectivity index (χ1n) is 29.1. The van der Waals surface area contributed by atoms with Gasteiger partial charge >= 0.3 is 23.3 Å². The molecule has 10 heterocycles. The molecule has 10 unspecified atom stereocenters. The number of carbonyl (C=O) groups is 3. The molecule has 6 aliphatic heterocycles. The van der Waals surface area contributed by atoms with E-state index in [4.69, 9.17) is 72.0 Å². The molecule has 6 aliphatic rings. The lowest BCUT2D eigenvalue weighted by Crippen LogP contribution is -2.66. The topological polar surface area (TPSA) is 379 Å². The smallest absolute Gasteiger partial charge is 0.328 e. The van der Waals surface area contributed by atoms with Crippen LogP contribution in [0.25, 0.3) is 17.1 Å². The van der Waals surface area contributed by atoms with Gasteiger partial charge in [-0.3, -0.25) is 43.1 Å². The summed E-state index contributed by atoms with van der Waals surface area (Å²) in [6.45, 7) is 0.625. The highest BCUT2D eigenvalue weighted by Crippen LogP contribution is 2.35. The third-order valence-corrected chi connectivity index (χ3v) is 16.5. The average Bonchev–Trinajstić information content (AvgIpc) is 1.30. The predicted molar refractivity (Wildman–Crippen MR) is 312 cm³/mol. The number of H-pyrrole nitrogens is 2. The van der Waals surface area contributed by atoms with Gasteiger partial charge in [-0.15, -0.1) is 0 Å². The van der Waals surface area contributed by atoms with Crippen molar-refractivity contribution in [1.82, 2.24) is 39.0 Å². The maximum absolute atomic E-state index is 14.1. The number of amides is 1. The Labute approximate surface area is 514 Å². The van der Waals surface area contributed by atoms with Gasteiger partial charge in [0.05, 0.1) is 49.2 Å². The molecule has 90 heavy (non-hydrogen) atoms. The van der Waals surface area contributed by atoms with Gasteiger partial charge < -0.3 is 87.0 Å². The number of rotatable bonds is 8. The summed E-state index contributed by atoms with van der Waals surface area (Å²) < 4.78 is 90.1. The molecule has 4 aromatic heterocycles. The highest BCUT2D eigenvalue weighted by atomic mass is 16.8. The van der Waals surface area contributed by atoms with Crippen molar-refractivity contribution in [2.24, 2.45) is 11.8 Å². The first kappa shape index (κ1) is 66.9. The van der Waals surface area contributed by atoms with Crippen LogP contribution in [0.5, 0.6) is 0 Å². The number of aryl methyl sites for hydroxylation is 1. The Morgan fingerprint density at radius 1 is 0.644 bits per heavy atom. The molecule has 0 aromatic carbocycles. The molecule has 0 aliphatic carbocycles. The van der Waals surface area contributed by atoms with Crippen molar-refractivity contribution in [3.05, 3.63) is 89.4 Å². The number of nitrogen functional groups attached to an aromatic ring is 1. The standard InChI is InChI=1S/C59H75N9O22/c1-30-21-67-25-34(54(74)65-58(67)75)17-18-38(70)63-42-46(80-5)44(78-3)36(87-55(42)83-8)27-85-57-50(82-7)48-45(79-4)37(88-57)28-84-56-49(81-6)47(43(77-2)35(26-69)86-56)89-39(71)15-11-9-13-32-23-66(52-41(32)51(60)61-29-62-52)20-19-31(30)22-68-24-33(53(73)64-59(68)76)14-10-12-16-40(72)90-48/h17-18,23-25,29-31,35-37,42-50,55-57,69H,11-12,15-16,19-22,26-28H2,1-8H3,(H,63,70)(H2,60,61,62)(H,64,73,76)(H,65,74,75)/b18-17+/t30?,31?,35?,36?,37?,42?,43-,44+,45-,46-,47+,48+,49?,50?,55+,56?,57?/m1/s1. The molecule has 6 N–H and O–H groups in total. The molecule has 1 amide bonds. The number of aliphatic hydroxyl groups excluding tert-OH is 1. The summed E-state index contributed by atoms with van der Waals surface area (Å²) in [5.41, 5.74) is 4.05. The molecule has 3 fully saturated rings. The van der Waals surface area contributed by atoms with Gasteiger partial charge in [0, 0.05) is 107 Å². The zero-order valence-electron chi connectivity index (χ0n) is 50.9. The number of hydrogen-bond acceptors (Lipinski definition) is 25. The number of aromatic nitrogens is 7. The van der Waals surface area contributed by atoms with Crippen molar-refractivity contribution in [2.45, 2.75) is 151 Å². The Morgan fingerprint density at radius 3 is 1.84 bits per heavy atom. The molecule has 0 radical (unpaired) electrons. The summed E-state index contributed by atoms with van der Waals surface area (Å²) in [4.78, 5) is 109.